The number of benzene rings is 1. The molecule has 0 aromatic heterocycles. The molecule has 1 saturated carbocycles. The van der Waals surface area contributed by atoms with Crippen molar-refractivity contribution in [1.82, 2.24) is 0 Å². The van der Waals surface area contributed by atoms with Crippen molar-refractivity contribution >= 4 is 0 Å². The van der Waals surface area contributed by atoms with Gasteiger partial charge in [-0.25, -0.2) is 0 Å². The van der Waals surface area contributed by atoms with Crippen LogP contribution in [0.5, 0.6) is 0 Å². The van der Waals surface area contributed by atoms with Crippen LogP contribution in [0.4, 0.5) is 0 Å². The average molecular weight is 246 g/mol. The topological polar surface area (TPSA) is 29.5 Å². The number of aryl methyl sites for hydroxylation is 3. The van der Waals surface area contributed by atoms with Crippen LogP contribution in [-0.2, 0) is 10.2 Å². The van der Waals surface area contributed by atoms with Crippen LogP contribution in [0.25, 0.3) is 0 Å². The summed E-state index contributed by atoms with van der Waals surface area (Å²) >= 11 is 0. The van der Waals surface area contributed by atoms with Crippen molar-refractivity contribution in [1.29, 1.82) is 0 Å². The van der Waals surface area contributed by atoms with Crippen LogP contribution in [0.1, 0.15) is 35.1 Å². The van der Waals surface area contributed by atoms with E-state index in [1.54, 1.807) is 0 Å². The molecular formula is C16H22O2. The van der Waals surface area contributed by atoms with Crippen LogP contribution >= 0.6 is 0 Å². The summed E-state index contributed by atoms with van der Waals surface area (Å²) in [5, 5.41) is 9.80. The summed E-state index contributed by atoms with van der Waals surface area (Å²) in [7, 11) is 0. The highest BCUT2D eigenvalue weighted by Gasteiger charge is 2.63. The third-order valence-corrected chi connectivity index (χ3v) is 5.02. The third-order valence-electron chi connectivity index (χ3n) is 5.02. The number of rotatable bonds is 3. The lowest BCUT2D eigenvalue weighted by Gasteiger charge is -2.49. The molecule has 98 valence electrons. The minimum absolute atomic E-state index is 0.0730. The fourth-order valence-electron chi connectivity index (χ4n) is 3.90. The predicted molar refractivity (Wildman–Crippen MR) is 71.9 cm³/mol. The molecule has 1 aliphatic carbocycles. The van der Waals surface area contributed by atoms with E-state index in [-0.39, 0.29) is 10.8 Å². The molecule has 1 saturated heterocycles. The molecule has 1 aromatic carbocycles. The first kappa shape index (κ1) is 12.2. The Bertz CT molecular complexity index is 459. The first-order valence-electron chi connectivity index (χ1n) is 6.82. The Balaban J connectivity index is 2.13. The maximum Gasteiger partial charge on any atom is 0.0592 e. The highest BCUT2D eigenvalue weighted by atomic mass is 16.5. The van der Waals surface area contributed by atoms with Crippen molar-refractivity contribution < 1.29 is 9.84 Å². The lowest BCUT2D eigenvalue weighted by Crippen LogP contribution is -2.55. The Morgan fingerprint density at radius 3 is 2.00 bits per heavy atom. The molecule has 1 N–H and O–H groups in total. The predicted octanol–water partition coefficient (Wildman–Crippen LogP) is 2.65. The van der Waals surface area contributed by atoms with E-state index in [0.717, 1.165) is 26.1 Å². The number of aliphatic hydroxyl groups is 1. The lowest BCUT2D eigenvalue weighted by atomic mass is 9.64. The molecule has 2 aliphatic rings. The van der Waals surface area contributed by atoms with Crippen LogP contribution in [0.2, 0.25) is 0 Å². The van der Waals surface area contributed by atoms with Gasteiger partial charge in [0.05, 0.1) is 18.6 Å². The van der Waals surface area contributed by atoms with Gasteiger partial charge in [0.15, 0.2) is 0 Å². The minimum Gasteiger partial charge on any atom is -0.396 e. The summed E-state index contributed by atoms with van der Waals surface area (Å²) in [6.45, 7) is 8.39. The molecule has 1 aromatic rings. The monoisotopic (exact) mass is 246 g/mol. The van der Waals surface area contributed by atoms with E-state index in [1.165, 1.54) is 22.3 Å². The van der Waals surface area contributed by atoms with Gasteiger partial charge in [0.2, 0.25) is 0 Å². The van der Waals surface area contributed by atoms with E-state index in [4.69, 9.17) is 4.74 Å². The quantitative estimate of drug-likeness (QED) is 0.888. The van der Waals surface area contributed by atoms with E-state index in [0.29, 0.717) is 6.61 Å². The SMILES string of the molecule is Cc1cc(C)c(C2(C3(CO)CC3)COC2)c(C)c1. The Labute approximate surface area is 109 Å². The van der Waals surface area contributed by atoms with Crippen LogP contribution in [0, 0.1) is 26.2 Å². The average Bonchev–Trinajstić information content (AvgIpc) is 3.01. The first-order chi connectivity index (χ1) is 8.55. The van der Waals surface area contributed by atoms with Gasteiger partial charge in [0, 0.05) is 12.0 Å². The normalized spacial score (nSPS) is 23.6. The van der Waals surface area contributed by atoms with Crippen molar-refractivity contribution in [3.05, 3.63) is 34.4 Å². The van der Waals surface area contributed by atoms with Crippen LogP contribution in [0.15, 0.2) is 12.1 Å². The van der Waals surface area contributed by atoms with Gasteiger partial charge in [-0.1, -0.05) is 17.7 Å². The fourth-order valence-corrected chi connectivity index (χ4v) is 3.90. The van der Waals surface area contributed by atoms with Crippen LogP contribution in [0.3, 0.4) is 0 Å². The van der Waals surface area contributed by atoms with Gasteiger partial charge in [-0.15, -0.1) is 0 Å². The van der Waals surface area contributed by atoms with E-state index in [1.807, 2.05) is 0 Å². The fraction of sp³-hybridized carbons (Fsp3) is 0.625. The summed E-state index contributed by atoms with van der Waals surface area (Å²) in [5.74, 6) is 0. The Morgan fingerprint density at radius 1 is 1.11 bits per heavy atom. The van der Waals surface area contributed by atoms with E-state index in [9.17, 15) is 5.11 Å². The van der Waals surface area contributed by atoms with Gasteiger partial charge in [-0.2, -0.15) is 0 Å². The second-order valence-electron chi connectivity index (χ2n) is 6.29. The number of ether oxygens (including phenoxy) is 1. The second-order valence-corrected chi connectivity index (χ2v) is 6.29. The van der Waals surface area contributed by atoms with Crippen LogP contribution < -0.4 is 0 Å². The molecule has 0 bridgehead atoms. The summed E-state index contributed by atoms with van der Waals surface area (Å²) in [6, 6.07) is 4.52. The zero-order valence-corrected chi connectivity index (χ0v) is 11.5. The summed E-state index contributed by atoms with van der Waals surface area (Å²) in [6.07, 6.45) is 2.28. The molecule has 18 heavy (non-hydrogen) atoms. The van der Waals surface area contributed by atoms with Crippen molar-refractivity contribution in [2.75, 3.05) is 19.8 Å². The summed E-state index contributed by atoms with van der Waals surface area (Å²) < 4.78 is 5.55. The second kappa shape index (κ2) is 3.82. The first-order valence-corrected chi connectivity index (χ1v) is 6.82. The highest BCUT2D eigenvalue weighted by Crippen LogP contribution is 2.63. The zero-order chi connectivity index (χ0) is 13.0. The van der Waals surface area contributed by atoms with Gasteiger partial charge < -0.3 is 9.84 Å². The molecule has 0 radical (unpaired) electrons. The Kier molecular flexibility index (Phi) is 2.58. The molecule has 0 amide bonds. The molecule has 0 unspecified atom stereocenters. The number of aliphatic hydroxyl groups excluding tert-OH is 1. The lowest BCUT2D eigenvalue weighted by molar-refractivity contribution is -0.111. The zero-order valence-electron chi connectivity index (χ0n) is 11.5. The molecular weight excluding hydrogens is 224 g/mol. The molecule has 0 atom stereocenters. The maximum atomic E-state index is 9.80. The van der Waals surface area contributed by atoms with Crippen LogP contribution in [-0.4, -0.2) is 24.9 Å². The largest absolute Gasteiger partial charge is 0.396 e. The van der Waals surface area contributed by atoms with Gasteiger partial charge in [0.25, 0.3) is 0 Å². The van der Waals surface area contributed by atoms with E-state index in [2.05, 4.69) is 32.9 Å². The molecule has 0 spiro atoms. The molecule has 2 fully saturated rings. The summed E-state index contributed by atoms with van der Waals surface area (Å²) in [5.41, 5.74) is 5.63. The number of hydrogen-bond acceptors (Lipinski definition) is 2. The van der Waals surface area contributed by atoms with Gasteiger partial charge in [-0.3, -0.25) is 0 Å². The molecule has 2 heteroatoms. The molecule has 1 aliphatic heterocycles. The van der Waals surface area contributed by atoms with E-state index < -0.39 is 0 Å². The number of hydrogen-bond donors (Lipinski definition) is 1. The van der Waals surface area contributed by atoms with E-state index >= 15 is 0 Å². The van der Waals surface area contributed by atoms with Gasteiger partial charge >= 0.3 is 0 Å². The Morgan fingerprint density at radius 2 is 1.67 bits per heavy atom. The Hall–Kier alpha value is -0.860. The molecule has 1 heterocycles. The standard InChI is InChI=1S/C16H22O2/c1-11-6-12(2)14(13(3)7-11)16(9-18-10-16)15(8-17)4-5-15/h6-7,17H,4-5,8-10H2,1-3H3. The van der Waals surface area contributed by atoms with Crippen molar-refractivity contribution in [3.8, 4) is 0 Å². The molecule has 3 rings (SSSR count). The third kappa shape index (κ3) is 1.42. The van der Waals surface area contributed by atoms with Crippen molar-refractivity contribution in [3.63, 3.8) is 0 Å². The highest BCUT2D eigenvalue weighted by molar-refractivity contribution is 5.47. The molecule has 2 nitrogen and oxygen atoms in total. The van der Waals surface area contributed by atoms with Crippen molar-refractivity contribution in [2.45, 2.75) is 39.0 Å². The van der Waals surface area contributed by atoms with Gasteiger partial charge in [-0.05, 0) is 50.3 Å². The summed E-state index contributed by atoms with van der Waals surface area (Å²) in [4.78, 5) is 0. The minimum atomic E-state index is 0.0730. The van der Waals surface area contributed by atoms with Crippen molar-refractivity contribution in [2.24, 2.45) is 5.41 Å². The van der Waals surface area contributed by atoms with Gasteiger partial charge in [0.1, 0.15) is 0 Å². The maximum absolute atomic E-state index is 9.80. The smallest absolute Gasteiger partial charge is 0.0592 e.